The van der Waals surface area contributed by atoms with Crippen molar-refractivity contribution in [3.63, 3.8) is 0 Å². The van der Waals surface area contributed by atoms with Crippen molar-refractivity contribution in [2.24, 2.45) is 10.8 Å². The smallest absolute Gasteiger partial charge is 0.216 e. The normalized spacial score (nSPS) is 12.3. The molecule has 0 saturated carbocycles. The van der Waals surface area contributed by atoms with Crippen LogP contribution < -0.4 is 0 Å². The first-order valence-electron chi connectivity index (χ1n) is 19.7. The second kappa shape index (κ2) is 17.2. The van der Waals surface area contributed by atoms with Crippen LogP contribution in [0, 0.1) is 30.7 Å². The van der Waals surface area contributed by atoms with Gasteiger partial charge in [-0.2, -0.15) is 0 Å². The SMILES string of the molecule is CCC(C)(CC)C(=O)/C=C(\O)C(C)(CC)CC.Cc1cccc(C)c1-c1ccc2c(n1)oc1c(-c3ncnc4c3ccc3cccc(C(C)C)c34)[c-]ccc12.[Ir]. The first-order chi connectivity index (χ1) is 26.3. The Labute approximate surface area is 345 Å². The van der Waals surface area contributed by atoms with Gasteiger partial charge in [-0.05, 0) is 85.0 Å². The van der Waals surface area contributed by atoms with E-state index in [9.17, 15) is 9.90 Å². The van der Waals surface area contributed by atoms with Gasteiger partial charge in [0.05, 0.1) is 16.8 Å². The number of furan rings is 1. The quantitative estimate of drug-likeness (QED) is 0.0636. The predicted octanol–water partition coefficient (Wildman–Crippen LogP) is 13.6. The average Bonchev–Trinajstić information content (AvgIpc) is 3.58. The van der Waals surface area contributed by atoms with Crippen molar-refractivity contribution >= 4 is 49.5 Å². The summed E-state index contributed by atoms with van der Waals surface area (Å²) < 4.78 is 6.48. The zero-order valence-electron chi connectivity index (χ0n) is 34.4. The number of carbonyl (C=O) groups excluding carboxylic acids is 1. The van der Waals surface area contributed by atoms with E-state index in [1.165, 1.54) is 33.5 Å². The minimum Gasteiger partial charge on any atom is -0.512 e. The van der Waals surface area contributed by atoms with Crippen molar-refractivity contribution in [1.29, 1.82) is 0 Å². The van der Waals surface area contributed by atoms with Crippen LogP contribution in [-0.4, -0.2) is 25.8 Å². The monoisotopic (exact) mass is 925 g/mol. The standard InChI is InChI=1S/C34H26N3O.C15H28O2.Ir/c1-19(2)23-11-6-10-22-14-15-26-31(35-18-36-32(26)30(22)23)27-13-7-12-24-25-16-17-28(37-34(25)38-33(24)27)29-20(3)8-5-9-21(29)4;1-7-14(5,8-2)12(16)11-13(17)15(6,9-3)10-4;/h5-12,14-19H,1-4H3;11,16H,7-10H2,1-6H3;/q-1;;/b;12-11-;. The molecule has 0 amide bonds. The number of fused-ring (bicyclic) bond motifs is 6. The predicted molar refractivity (Wildman–Crippen MR) is 228 cm³/mol. The Morgan fingerprint density at radius 2 is 1.46 bits per heavy atom. The van der Waals surface area contributed by atoms with Crippen LogP contribution in [-0.2, 0) is 24.9 Å². The molecular formula is C49H54IrN3O3-. The second-order valence-electron chi connectivity index (χ2n) is 15.7. The van der Waals surface area contributed by atoms with E-state index in [0.717, 1.165) is 75.5 Å². The first kappa shape index (κ1) is 42.4. The van der Waals surface area contributed by atoms with E-state index in [1.54, 1.807) is 6.33 Å². The minimum atomic E-state index is -0.337. The summed E-state index contributed by atoms with van der Waals surface area (Å²) in [7, 11) is 0. The summed E-state index contributed by atoms with van der Waals surface area (Å²) in [6, 6.07) is 28.7. The molecule has 7 heteroatoms. The van der Waals surface area contributed by atoms with Crippen molar-refractivity contribution < 1.29 is 34.4 Å². The molecule has 0 unspecified atom stereocenters. The molecule has 0 spiro atoms. The Hall–Kier alpha value is -4.71. The van der Waals surface area contributed by atoms with Crippen molar-refractivity contribution in [1.82, 2.24) is 15.0 Å². The van der Waals surface area contributed by atoms with Gasteiger partial charge in [0.15, 0.2) is 5.78 Å². The number of pyridine rings is 1. The third kappa shape index (κ3) is 7.81. The molecular weight excluding hydrogens is 871 g/mol. The number of aliphatic hydroxyl groups excluding tert-OH is 1. The summed E-state index contributed by atoms with van der Waals surface area (Å²) in [5.41, 5.74) is 9.09. The van der Waals surface area contributed by atoms with Crippen LogP contribution in [0.1, 0.15) is 104 Å². The third-order valence-corrected chi connectivity index (χ3v) is 12.2. The number of nitrogens with zero attached hydrogens (tertiary/aromatic N) is 3. The number of aliphatic hydroxyl groups is 1. The summed E-state index contributed by atoms with van der Waals surface area (Å²) in [5.74, 6) is 0.666. The minimum absolute atomic E-state index is 0. The van der Waals surface area contributed by atoms with Gasteiger partial charge < -0.3 is 9.52 Å². The molecule has 0 bridgehead atoms. The van der Waals surface area contributed by atoms with Crippen LogP contribution in [0.25, 0.3) is 66.3 Å². The number of hydrogen-bond donors (Lipinski definition) is 1. The Morgan fingerprint density at radius 1 is 0.821 bits per heavy atom. The Morgan fingerprint density at radius 3 is 2.11 bits per heavy atom. The number of carbonyl (C=O) groups is 1. The van der Waals surface area contributed by atoms with Crippen LogP contribution in [0.5, 0.6) is 0 Å². The molecule has 7 aromatic rings. The van der Waals surface area contributed by atoms with Crippen LogP contribution >= 0.6 is 0 Å². The maximum atomic E-state index is 12.2. The van der Waals surface area contributed by atoms with Crippen molar-refractivity contribution in [3.8, 4) is 22.5 Å². The molecule has 3 heterocycles. The topological polar surface area (TPSA) is 89.1 Å². The van der Waals surface area contributed by atoms with E-state index >= 15 is 0 Å². The average molecular weight is 925 g/mol. The summed E-state index contributed by atoms with van der Waals surface area (Å²) in [5, 5.41) is 15.5. The number of ketones is 1. The zero-order chi connectivity index (χ0) is 39.7. The molecule has 0 atom stereocenters. The van der Waals surface area contributed by atoms with E-state index in [-0.39, 0.29) is 42.5 Å². The van der Waals surface area contributed by atoms with Gasteiger partial charge in [-0.25, -0.2) is 9.97 Å². The van der Waals surface area contributed by atoms with Gasteiger partial charge in [0.25, 0.3) is 0 Å². The second-order valence-corrected chi connectivity index (χ2v) is 15.7. The Kier molecular flexibility index (Phi) is 13.0. The number of aryl methyl sites for hydroxylation is 2. The summed E-state index contributed by atoms with van der Waals surface area (Å²) in [6.07, 6.45) is 6.41. The molecule has 6 nitrogen and oxygen atoms in total. The number of benzene rings is 4. The number of allylic oxidation sites excluding steroid dienone is 2. The fraction of sp³-hybridized carbons (Fsp3) is 0.347. The number of hydrogen-bond acceptors (Lipinski definition) is 6. The van der Waals surface area contributed by atoms with Crippen LogP contribution in [0.15, 0.2) is 95.4 Å². The summed E-state index contributed by atoms with van der Waals surface area (Å²) >= 11 is 0. The first-order valence-corrected chi connectivity index (χ1v) is 19.7. The molecule has 56 heavy (non-hydrogen) atoms. The third-order valence-electron chi connectivity index (χ3n) is 12.2. The molecule has 0 aliphatic heterocycles. The van der Waals surface area contributed by atoms with Gasteiger partial charge >= 0.3 is 0 Å². The van der Waals surface area contributed by atoms with Gasteiger partial charge in [-0.15, -0.1) is 18.2 Å². The summed E-state index contributed by atoms with van der Waals surface area (Å²) in [4.78, 5) is 26.6. The molecule has 7 rings (SSSR count). The molecule has 0 fully saturated rings. The van der Waals surface area contributed by atoms with E-state index in [0.29, 0.717) is 11.6 Å². The molecule has 0 aliphatic carbocycles. The van der Waals surface area contributed by atoms with Crippen molar-refractivity contribution in [2.45, 2.75) is 101 Å². The molecule has 0 aliphatic rings. The Balaban J connectivity index is 0.000000285. The molecule has 3 aromatic heterocycles. The van der Waals surface area contributed by atoms with E-state index < -0.39 is 0 Å². The van der Waals surface area contributed by atoms with E-state index in [1.807, 2.05) is 53.7 Å². The zero-order valence-corrected chi connectivity index (χ0v) is 36.8. The molecule has 1 N–H and O–H groups in total. The molecule has 1 radical (unpaired) electrons. The largest absolute Gasteiger partial charge is 0.512 e. The van der Waals surface area contributed by atoms with Crippen LogP contribution in [0.2, 0.25) is 0 Å². The van der Waals surface area contributed by atoms with E-state index in [4.69, 9.17) is 19.4 Å². The molecule has 293 valence electrons. The van der Waals surface area contributed by atoms with Gasteiger partial charge in [0.2, 0.25) is 5.71 Å². The van der Waals surface area contributed by atoms with Crippen molar-refractivity contribution in [2.75, 3.05) is 0 Å². The fourth-order valence-corrected chi connectivity index (χ4v) is 7.45. The molecule has 4 aromatic carbocycles. The Bertz CT molecular complexity index is 2540. The van der Waals surface area contributed by atoms with Crippen LogP contribution in [0.4, 0.5) is 0 Å². The van der Waals surface area contributed by atoms with E-state index in [2.05, 4.69) is 94.4 Å². The van der Waals surface area contributed by atoms with Crippen molar-refractivity contribution in [3.05, 3.63) is 114 Å². The fourth-order valence-electron chi connectivity index (χ4n) is 7.45. The maximum Gasteiger partial charge on any atom is 0.216 e. The van der Waals surface area contributed by atoms with Gasteiger partial charge in [0.1, 0.15) is 12.1 Å². The van der Waals surface area contributed by atoms with Gasteiger partial charge in [-0.3, -0.25) is 9.78 Å². The molecule has 0 saturated heterocycles. The van der Waals surface area contributed by atoms with Crippen LogP contribution in [0.3, 0.4) is 0 Å². The number of aromatic nitrogens is 3. The maximum absolute atomic E-state index is 12.2. The summed E-state index contributed by atoms with van der Waals surface area (Å²) in [6.45, 7) is 20.8. The van der Waals surface area contributed by atoms with Gasteiger partial charge in [-0.1, -0.05) is 115 Å². The van der Waals surface area contributed by atoms with Gasteiger partial charge in [0, 0.05) is 59.0 Å². The number of rotatable bonds is 10.